The molecule has 1 aromatic rings. The van der Waals surface area contributed by atoms with E-state index >= 15 is 0 Å². The Bertz CT molecular complexity index is 666. The number of aldehydes is 1. The summed E-state index contributed by atoms with van der Waals surface area (Å²) in [4.78, 5) is 35.5. The van der Waals surface area contributed by atoms with Gasteiger partial charge >= 0.3 is 5.69 Å². The van der Waals surface area contributed by atoms with E-state index in [1.54, 1.807) is 19.2 Å². The molecule has 2 unspecified atom stereocenters. The molecular weight excluding hydrogens is 270 g/mol. The summed E-state index contributed by atoms with van der Waals surface area (Å²) in [5.41, 5.74) is 0.996. The zero-order valence-corrected chi connectivity index (χ0v) is 12.2. The number of allylic oxidation sites excluding steroid dienone is 1. The first-order valence-electron chi connectivity index (χ1n) is 6.84. The lowest BCUT2D eigenvalue weighted by molar-refractivity contribution is -0.128. The smallest absolute Gasteiger partial charge is 0.329 e. The lowest BCUT2D eigenvalue weighted by Gasteiger charge is -2.27. The normalized spacial score (nSPS) is 22.3. The van der Waals surface area contributed by atoms with Crippen LogP contribution in [0.5, 0.6) is 0 Å². The Morgan fingerprint density at radius 2 is 2.05 bits per heavy atom. The maximum Gasteiger partial charge on any atom is 0.329 e. The average Bonchev–Trinajstić information content (AvgIpc) is 2.72. The van der Waals surface area contributed by atoms with Crippen molar-refractivity contribution in [2.45, 2.75) is 19.4 Å². The first-order valence-corrected chi connectivity index (χ1v) is 6.84. The molecule has 21 heavy (non-hydrogen) atoms. The van der Waals surface area contributed by atoms with Gasteiger partial charge in [0.15, 0.2) is 0 Å². The van der Waals surface area contributed by atoms with E-state index in [1.807, 2.05) is 13.0 Å². The molecule has 1 aromatic heterocycles. The van der Waals surface area contributed by atoms with Gasteiger partial charge in [-0.3, -0.25) is 13.9 Å². The van der Waals surface area contributed by atoms with Gasteiger partial charge < -0.3 is 10.1 Å². The highest BCUT2D eigenvalue weighted by Gasteiger charge is 2.33. The average molecular weight is 289 g/mol. The summed E-state index contributed by atoms with van der Waals surface area (Å²) in [5, 5.41) is 2.68. The number of amides is 1. The molecule has 1 aliphatic heterocycles. The third-order valence-electron chi connectivity index (χ3n) is 3.77. The molecule has 0 spiro atoms. The number of nitrogens with one attached hydrogen (secondary N) is 1. The first-order chi connectivity index (χ1) is 10.0. The zero-order valence-electron chi connectivity index (χ0n) is 12.2. The van der Waals surface area contributed by atoms with Gasteiger partial charge in [-0.1, -0.05) is 12.7 Å². The second-order valence-electron chi connectivity index (χ2n) is 5.08. The number of hydrogen-bond donors (Lipinski definition) is 1. The van der Waals surface area contributed by atoms with Gasteiger partial charge in [-0.05, 0) is 25.5 Å². The molecule has 1 fully saturated rings. The van der Waals surface area contributed by atoms with Crippen LogP contribution in [0, 0.1) is 5.92 Å². The molecule has 112 valence electrons. The number of piperidine rings is 1. The van der Waals surface area contributed by atoms with Gasteiger partial charge in [-0.15, -0.1) is 0 Å². The SMILES string of the molecule is C=Cc1c(/C=C\C)n(C)c(=O)n1C1CC(C=O)CNC1=O. The standard InChI is InChI=1S/C15H19N3O3/c1-4-6-12-11(5-2)18(15(21)17(12)3)13-7-10(9-19)8-16-14(13)20/h4-6,9-10,13H,2,7-8H2,1,3H3,(H,16,20)/b6-4-. The van der Waals surface area contributed by atoms with Crippen molar-refractivity contribution in [3.63, 3.8) is 0 Å². The molecule has 0 bridgehead atoms. The fourth-order valence-electron chi connectivity index (χ4n) is 2.68. The summed E-state index contributed by atoms with van der Waals surface area (Å²) in [7, 11) is 1.65. The van der Waals surface area contributed by atoms with E-state index in [0.29, 0.717) is 24.4 Å². The summed E-state index contributed by atoms with van der Waals surface area (Å²) in [6.07, 6.45) is 6.33. The van der Waals surface area contributed by atoms with Gasteiger partial charge in [0.2, 0.25) is 5.91 Å². The van der Waals surface area contributed by atoms with E-state index in [4.69, 9.17) is 0 Å². The van der Waals surface area contributed by atoms with E-state index < -0.39 is 6.04 Å². The Morgan fingerprint density at radius 1 is 1.33 bits per heavy atom. The van der Waals surface area contributed by atoms with Crippen LogP contribution in [0.1, 0.15) is 30.8 Å². The molecule has 1 N–H and O–H groups in total. The van der Waals surface area contributed by atoms with E-state index in [-0.39, 0.29) is 17.5 Å². The van der Waals surface area contributed by atoms with Crippen LogP contribution in [0.15, 0.2) is 17.4 Å². The zero-order chi connectivity index (χ0) is 15.6. The summed E-state index contributed by atoms with van der Waals surface area (Å²) >= 11 is 0. The second kappa shape index (κ2) is 5.95. The minimum atomic E-state index is -0.681. The van der Waals surface area contributed by atoms with Crippen LogP contribution in [0.4, 0.5) is 0 Å². The van der Waals surface area contributed by atoms with Crippen molar-refractivity contribution in [3.05, 3.63) is 34.5 Å². The molecule has 2 atom stereocenters. The molecule has 0 aromatic carbocycles. The Kier molecular flexibility index (Phi) is 4.26. The van der Waals surface area contributed by atoms with Crippen molar-refractivity contribution < 1.29 is 9.59 Å². The highest BCUT2D eigenvalue weighted by molar-refractivity contribution is 5.83. The third-order valence-corrected chi connectivity index (χ3v) is 3.77. The highest BCUT2D eigenvalue weighted by Crippen LogP contribution is 2.24. The quantitative estimate of drug-likeness (QED) is 0.831. The fourth-order valence-corrected chi connectivity index (χ4v) is 2.68. The second-order valence-corrected chi connectivity index (χ2v) is 5.08. The van der Waals surface area contributed by atoms with Gasteiger partial charge in [0.1, 0.15) is 12.3 Å². The molecule has 1 amide bonds. The molecule has 0 aliphatic carbocycles. The topological polar surface area (TPSA) is 73.1 Å². The van der Waals surface area contributed by atoms with E-state index in [9.17, 15) is 14.4 Å². The fraction of sp³-hybridized carbons (Fsp3) is 0.400. The number of hydrogen-bond acceptors (Lipinski definition) is 3. The summed E-state index contributed by atoms with van der Waals surface area (Å²) in [5.74, 6) is -0.515. The number of carbonyl (C=O) groups excluding carboxylic acids is 2. The highest BCUT2D eigenvalue weighted by atomic mass is 16.2. The van der Waals surface area contributed by atoms with Gasteiger partial charge in [0, 0.05) is 19.5 Å². The van der Waals surface area contributed by atoms with Crippen molar-refractivity contribution in [2.24, 2.45) is 13.0 Å². The van der Waals surface area contributed by atoms with Gasteiger partial charge in [-0.25, -0.2) is 4.79 Å². The summed E-state index contributed by atoms with van der Waals surface area (Å²) in [6, 6.07) is -0.681. The van der Waals surface area contributed by atoms with Crippen molar-refractivity contribution >= 4 is 24.3 Å². The number of carbonyl (C=O) groups is 2. The van der Waals surface area contributed by atoms with Crippen molar-refractivity contribution in [2.75, 3.05) is 6.54 Å². The molecule has 2 rings (SSSR count). The Balaban J connectivity index is 2.60. The van der Waals surface area contributed by atoms with E-state index in [0.717, 1.165) is 6.29 Å². The molecule has 0 radical (unpaired) electrons. The van der Waals surface area contributed by atoms with Crippen LogP contribution in [-0.2, 0) is 16.6 Å². The number of imidazole rings is 1. The van der Waals surface area contributed by atoms with Crippen LogP contribution >= 0.6 is 0 Å². The van der Waals surface area contributed by atoms with Crippen LogP contribution in [0.2, 0.25) is 0 Å². The van der Waals surface area contributed by atoms with Crippen LogP contribution in [0.25, 0.3) is 12.2 Å². The molecule has 6 heteroatoms. The maximum absolute atomic E-state index is 12.5. The van der Waals surface area contributed by atoms with Crippen LogP contribution < -0.4 is 11.0 Å². The lowest BCUT2D eigenvalue weighted by Crippen LogP contribution is -2.45. The van der Waals surface area contributed by atoms with E-state index in [2.05, 4.69) is 11.9 Å². The number of aromatic nitrogens is 2. The predicted molar refractivity (Wildman–Crippen MR) is 80.7 cm³/mol. The first kappa shape index (κ1) is 15.0. The largest absolute Gasteiger partial charge is 0.354 e. The lowest BCUT2D eigenvalue weighted by atomic mass is 9.96. The van der Waals surface area contributed by atoms with Gasteiger partial charge in [-0.2, -0.15) is 0 Å². The maximum atomic E-state index is 12.5. The minimum Gasteiger partial charge on any atom is -0.354 e. The molecular formula is C15H19N3O3. The molecule has 6 nitrogen and oxygen atoms in total. The van der Waals surface area contributed by atoms with Gasteiger partial charge in [0.25, 0.3) is 0 Å². The summed E-state index contributed by atoms with van der Waals surface area (Å²) < 4.78 is 2.90. The Hall–Kier alpha value is -2.37. The Labute approximate surface area is 122 Å². The molecule has 0 saturated carbocycles. The van der Waals surface area contributed by atoms with Crippen molar-refractivity contribution in [1.29, 1.82) is 0 Å². The monoisotopic (exact) mass is 289 g/mol. The van der Waals surface area contributed by atoms with Gasteiger partial charge in [0.05, 0.1) is 11.4 Å². The van der Waals surface area contributed by atoms with Crippen molar-refractivity contribution in [3.8, 4) is 0 Å². The van der Waals surface area contributed by atoms with Crippen molar-refractivity contribution in [1.82, 2.24) is 14.5 Å². The number of rotatable bonds is 4. The van der Waals surface area contributed by atoms with Crippen LogP contribution in [-0.4, -0.2) is 27.9 Å². The summed E-state index contributed by atoms with van der Waals surface area (Å²) in [6.45, 7) is 5.92. The van der Waals surface area contributed by atoms with E-state index in [1.165, 1.54) is 9.13 Å². The molecule has 2 heterocycles. The predicted octanol–water partition coefficient (Wildman–Crippen LogP) is 0.739. The number of nitrogens with zero attached hydrogens (tertiary/aromatic N) is 2. The third kappa shape index (κ3) is 2.49. The minimum absolute atomic E-state index is 0.240. The molecule has 1 saturated heterocycles. The van der Waals surface area contributed by atoms with Crippen LogP contribution in [0.3, 0.4) is 0 Å². The molecule has 1 aliphatic rings. The Morgan fingerprint density at radius 3 is 2.62 bits per heavy atom.